The number of carbonyl (C=O) groups is 1. The van der Waals surface area contributed by atoms with Gasteiger partial charge in [-0.25, -0.2) is 0 Å². The second kappa shape index (κ2) is 5.01. The van der Waals surface area contributed by atoms with Crippen LogP contribution in [-0.2, 0) is 6.42 Å². The summed E-state index contributed by atoms with van der Waals surface area (Å²) >= 11 is 0. The number of hydrogen-bond donors (Lipinski definition) is 1. The zero-order valence-electron chi connectivity index (χ0n) is 10.8. The van der Waals surface area contributed by atoms with E-state index in [9.17, 15) is 4.79 Å². The molecule has 2 heteroatoms. The Labute approximate surface area is 103 Å². The minimum absolute atomic E-state index is 0.159. The fourth-order valence-corrected chi connectivity index (χ4v) is 2.60. The summed E-state index contributed by atoms with van der Waals surface area (Å²) in [5.74, 6) is 0.313. The van der Waals surface area contributed by atoms with Gasteiger partial charge < -0.3 is 5.32 Å². The highest BCUT2D eigenvalue weighted by Crippen LogP contribution is 2.33. The van der Waals surface area contributed by atoms with E-state index < -0.39 is 0 Å². The molecule has 17 heavy (non-hydrogen) atoms. The molecule has 1 saturated heterocycles. The van der Waals surface area contributed by atoms with E-state index in [0.29, 0.717) is 5.78 Å². The molecule has 1 atom stereocenters. The SMILES string of the molecule is CCc1ccc(C(=O)C2(CC)CCNC2)cc1. The lowest BCUT2D eigenvalue weighted by Gasteiger charge is -2.24. The molecule has 1 aliphatic heterocycles. The first-order chi connectivity index (χ1) is 8.22. The van der Waals surface area contributed by atoms with Gasteiger partial charge in [-0.2, -0.15) is 0 Å². The molecule has 0 aliphatic carbocycles. The largest absolute Gasteiger partial charge is 0.316 e. The molecule has 1 unspecified atom stereocenters. The molecule has 1 fully saturated rings. The maximum Gasteiger partial charge on any atom is 0.170 e. The van der Waals surface area contributed by atoms with Gasteiger partial charge in [0.05, 0.1) is 0 Å². The zero-order valence-corrected chi connectivity index (χ0v) is 10.8. The number of aryl methyl sites for hydroxylation is 1. The molecule has 2 rings (SSSR count). The number of hydrogen-bond acceptors (Lipinski definition) is 2. The summed E-state index contributed by atoms with van der Waals surface area (Å²) in [5, 5.41) is 3.32. The maximum atomic E-state index is 12.6. The predicted molar refractivity (Wildman–Crippen MR) is 70.4 cm³/mol. The Morgan fingerprint density at radius 2 is 2.00 bits per heavy atom. The monoisotopic (exact) mass is 231 g/mol. The normalized spacial score (nSPS) is 23.9. The van der Waals surface area contributed by atoms with Gasteiger partial charge in [-0.05, 0) is 31.4 Å². The quantitative estimate of drug-likeness (QED) is 0.807. The molecule has 0 amide bonds. The predicted octanol–water partition coefficient (Wildman–Crippen LogP) is 2.82. The average Bonchev–Trinajstić information content (AvgIpc) is 2.88. The minimum atomic E-state index is -0.159. The van der Waals surface area contributed by atoms with Crippen molar-refractivity contribution in [2.24, 2.45) is 5.41 Å². The van der Waals surface area contributed by atoms with Gasteiger partial charge in [0.15, 0.2) is 5.78 Å². The molecule has 1 aliphatic rings. The van der Waals surface area contributed by atoms with Gasteiger partial charge in [-0.1, -0.05) is 38.1 Å². The van der Waals surface area contributed by atoms with Gasteiger partial charge in [-0.3, -0.25) is 4.79 Å². The highest BCUT2D eigenvalue weighted by atomic mass is 16.1. The lowest BCUT2D eigenvalue weighted by Crippen LogP contribution is -2.32. The van der Waals surface area contributed by atoms with Crippen molar-refractivity contribution >= 4 is 5.78 Å². The summed E-state index contributed by atoms with van der Waals surface area (Å²) in [7, 11) is 0. The second-order valence-electron chi connectivity index (χ2n) is 4.94. The van der Waals surface area contributed by atoms with Crippen LogP contribution < -0.4 is 5.32 Å². The van der Waals surface area contributed by atoms with E-state index in [1.54, 1.807) is 0 Å². The first kappa shape index (κ1) is 12.3. The third-order valence-corrected chi connectivity index (χ3v) is 4.03. The van der Waals surface area contributed by atoms with Gasteiger partial charge in [0.25, 0.3) is 0 Å². The third-order valence-electron chi connectivity index (χ3n) is 4.03. The van der Waals surface area contributed by atoms with Gasteiger partial charge >= 0.3 is 0 Å². The van der Waals surface area contributed by atoms with Gasteiger partial charge in [0.1, 0.15) is 0 Å². The van der Waals surface area contributed by atoms with Crippen molar-refractivity contribution in [1.82, 2.24) is 5.32 Å². The van der Waals surface area contributed by atoms with Crippen molar-refractivity contribution in [1.29, 1.82) is 0 Å². The fraction of sp³-hybridized carbons (Fsp3) is 0.533. The maximum absolute atomic E-state index is 12.6. The molecule has 0 radical (unpaired) electrons. The van der Waals surface area contributed by atoms with E-state index in [2.05, 4.69) is 31.3 Å². The van der Waals surface area contributed by atoms with Crippen LogP contribution in [0.4, 0.5) is 0 Å². The molecule has 0 spiro atoms. The summed E-state index contributed by atoms with van der Waals surface area (Å²) in [6, 6.07) is 8.10. The Balaban J connectivity index is 2.23. The average molecular weight is 231 g/mol. The van der Waals surface area contributed by atoms with Crippen molar-refractivity contribution in [3.63, 3.8) is 0 Å². The topological polar surface area (TPSA) is 29.1 Å². The van der Waals surface area contributed by atoms with Crippen LogP contribution in [0.5, 0.6) is 0 Å². The third kappa shape index (κ3) is 2.27. The van der Waals surface area contributed by atoms with Crippen LogP contribution >= 0.6 is 0 Å². The Hall–Kier alpha value is -1.15. The summed E-state index contributed by atoms with van der Waals surface area (Å²) < 4.78 is 0. The number of rotatable bonds is 4. The molecule has 1 N–H and O–H groups in total. The molecule has 0 bridgehead atoms. The van der Waals surface area contributed by atoms with Crippen LogP contribution in [-0.4, -0.2) is 18.9 Å². The zero-order chi connectivity index (χ0) is 12.3. The van der Waals surface area contributed by atoms with Gasteiger partial charge in [0, 0.05) is 17.5 Å². The summed E-state index contributed by atoms with van der Waals surface area (Å²) in [6.07, 6.45) is 2.92. The second-order valence-corrected chi connectivity index (χ2v) is 4.94. The number of ketones is 1. The smallest absolute Gasteiger partial charge is 0.170 e. The standard InChI is InChI=1S/C15H21NO/c1-3-12-5-7-13(8-6-12)14(17)15(4-2)9-10-16-11-15/h5-8,16H,3-4,9-11H2,1-2H3. The minimum Gasteiger partial charge on any atom is -0.316 e. The Bertz CT molecular complexity index is 388. The fourth-order valence-electron chi connectivity index (χ4n) is 2.60. The summed E-state index contributed by atoms with van der Waals surface area (Å²) in [6.45, 7) is 6.04. The lowest BCUT2D eigenvalue weighted by molar-refractivity contribution is 0.0810. The van der Waals surface area contributed by atoms with Crippen molar-refractivity contribution < 1.29 is 4.79 Å². The number of benzene rings is 1. The van der Waals surface area contributed by atoms with Crippen LogP contribution in [0.25, 0.3) is 0 Å². The first-order valence-electron chi connectivity index (χ1n) is 6.56. The van der Waals surface area contributed by atoms with E-state index in [1.165, 1.54) is 5.56 Å². The molecule has 1 aromatic rings. The van der Waals surface area contributed by atoms with Crippen LogP contribution in [0.1, 0.15) is 42.6 Å². The van der Waals surface area contributed by atoms with Crippen LogP contribution in [0.3, 0.4) is 0 Å². The van der Waals surface area contributed by atoms with Gasteiger partial charge in [-0.15, -0.1) is 0 Å². The Morgan fingerprint density at radius 1 is 1.29 bits per heavy atom. The number of carbonyl (C=O) groups excluding carboxylic acids is 1. The van der Waals surface area contributed by atoms with Crippen LogP contribution in [0.15, 0.2) is 24.3 Å². The highest BCUT2D eigenvalue weighted by molar-refractivity contribution is 6.01. The van der Waals surface area contributed by atoms with E-state index in [-0.39, 0.29) is 5.41 Å². The molecular formula is C15H21NO. The van der Waals surface area contributed by atoms with E-state index in [1.807, 2.05) is 12.1 Å². The van der Waals surface area contributed by atoms with Crippen molar-refractivity contribution in [2.45, 2.75) is 33.1 Å². The summed E-state index contributed by atoms with van der Waals surface area (Å²) in [5.41, 5.74) is 2.00. The lowest BCUT2D eigenvalue weighted by atomic mass is 9.77. The molecular weight excluding hydrogens is 210 g/mol. The van der Waals surface area contributed by atoms with E-state index >= 15 is 0 Å². The van der Waals surface area contributed by atoms with Crippen molar-refractivity contribution in [2.75, 3.05) is 13.1 Å². The Morgan fingerprint density at radius 3 is 2.47 bits per heavy atom. The first-order valence-corrected chi connectivity index (χ1v) is 6.56. The van der Waals surface area contributed by atoms with Crippen LogP contribution in [0.2, 0.25) is 0 Å². The van der Waals surface area contributed by atoms with Crippen molar-refractivity contribution in [3.8, 4) is 0 Å². The van der Waals surface area contributed by atoms with Crippen LogP contribution in [0, 0.1) is 5.41 Å². The molecule has 2 nitrogen and oxygen atoms in total. The van der Waals surface area contributed by atoms with E-state index in [4.69, 9.17) is 0 Å². The Kier molecular flexibility index (Phi) is 3.63. The summed E-state index contributed by atoms with van der Waals surface area (Å²) in [4.78, 5) is 12.6. The number of nitrogens with one attached hydrogen (secondary N) is 1. The van der Waals surface area contributed by atoms with E-state index in [0.717, 1.165) is 37.9 Å². The molecule has 92 valence electrons. The van der Waals surface area contributed by atoms with Gasteiger partial charge in [0.2, 0.25) is 0 Å². The molecule has 1 aromatic carbocycles. The molecule has 0 aromatic heterocycles. The van der Waals surface area contributed by atoms with Crippen molar-refractivity contribution in [3.05, 3.63) is 35.4 Å². The molecule has 1 heterocycles. The number of Topliss-reactive ketones (excluding diaryl/α,β-unsaturated/α-hetero) is 1. The highest BCUT2D eigenvalue weighted by Gasteiger charge is 2.39. The molecule has 0 saturated carbocycles.